The first-order valence-corrected chi connectivity index (χ1v) is 5.43. The Morgan fingerprint density at radius 1 is 1.58 bits per heavy atom. The third-order valence-electron chi connectivity index (χ3n) is 2.27. The molecule has 0 saturated heterocycles. The summed E-state index contributed by atoms with van der Waals surface area (Å²) in [4.78, 5) is 20.4. The molecule has 0 aliphatic carbocycles. The minimum absolute atomic E-state index is 0.0491. The molecule has 2 unspecified atom stereocenters. The maximum atomic E-state index is 10.5. The first-order valence-electron chi connectivity index (χ1n) is 5.43. The van der Waals surface area contributed by atoms with Crippen molar-refractivity contribution in [2.45, 2.75) is 18.8 Å². The first-order chi connectivity index (χ1) is 8.90. The molecule has 10 nitrogen and oxygen atoms in total. The summed E-state index contributed by atoms with van der Waals surface area (Å²) in [6.07, 6.45) is 0.0796. The number of carbonyl (C=O) groups is 1. The molecule has 0 aliphatic rings. The predicted molar refractivity (Wildman–Crippen MR) is 63.0 cm³/mol. The second-order valence-electron chi connectivity index (χ2n) is 3.91. The fraction of sp³-hybridized carbons (Fsp3) is 0.556. The second kappa shape index (κ2) is 6.78. The molecule has 19 heavy (non-hydrogen) atoms. The quantitative estimate of drug-likeness (QED) is 0.303. The van der Waals surface area contributed by atoms with Crippen LogP contribution in [0.4, 0.5) is 5.69 Å². The van der Waals surface area contributed by atoms with E-state index in [2.05, 4.69) is 10.4 Å². The molecule has 1 rings (SSSR count). The topological polar surface area (TPSA) is 157 Å². The number of aliphatic hydroxyl groups is 2. The number of aliphatic hydroxyl groups excluding tert-OH is 2. The third-order valence-corrected chi connectivity index (χ3v) is 2.27. The van der Waals surface area contributed by atoms with E-state index in [9.17, 15) is 20.0 Å². The average molecular weight is 273 g/mol. The van der Waals surface area contributed by atoms with Crippen LogP contribution in [0, 0.1) is 10.1 Å². The molecule has 0 saturated carbocycles. The van der Waals surface area contributed by atoms with Crippen molar-refractivity contribution in [3.05, 3.63) is 22.5 Å². The Balaban J connectivity index is 2.32. The van der Waals surface area contributed by atoms with Gasteiger partial charge in [-0.1, -0.05) is 0 Å². The lowest BCUT2D eigenvalue weighted by Gasteiger charge is -2.13. The summed E-state index contributed by atoms with van der Waals surface area (Å²) in [5.41, 5.74) is 4.68. The zero-order valence-electron chi connectivity index (χ0n) is 9.97. The summed E-state index contributed by atoms with van der Waals surface area (Å²) in [5, 5.41) is 35.5. The van der Waals surface area contributed by atoms with E-state index in [1.54, 1.807) is 0 Å². The monoisotopic (exact) mass is 273 g/mol. The molecule has 5 N–H and O–H groups in total. The van der Waals surface area contributed by atoms with Gasteiger partial charge in [-0.05, 0) is 0 Å². The summed E-state index contributed by atoms with van der Waals surface area (Å²) in [5.74, 6) is -0.857. The van der Waals surface area contributed by atoms with Gasteiger partial charge >= 0.3 is 5.69 Å². The molecule has 106 valence electrons. The van der Waals surface area contributed by atoms with Gasteiger partial charge in [-0.25, -0.2) is 0 Å². The summed E-state index contributed by atoms with van der Waals surface area (Å²) in [7, 11) is 0. The first kappa shape index (κ1) is 15.0. The second-order valence-corrected chi connectivity index (χ2v) is 3.91. The van der Waals surface area contributed by atoms with Crippen molar-refractivity contribution in [3.8, 4) is 0 Å². The van der Waals surface area contributed by atoms with E-state index in [1.165, 1.54) is 10.9 Å². The van der Waals surface area contributed by atoms with Crippen molar-refractivity contribution >= 4 is 11.6 Å². The zero-order chi connectivity index (χ0) is 14.4. The largest absolute Gasteiger partial charge is 0.390 e. The predicted octanol–water partition coefficient (Wildman–Crippen LogP) is -2.41. The van der Waals surface area contributed by atoms with Gasteiger partial charge in [0.05, 0.1) is 17.6 Å². The molecule has 0 bridgehead atoms. The molecule has 0 radical (unpaired) electrons. The number of carbonyl (C=O) groups excluding carboxylic acids is 1. The number of primary amides is 1. The van der Waals surface area contributed by atoms with Crippen molar-refractivity contribution in [2.75, 3.05) is 13.1 Å². The molecule has 1 aromatic rings. The normalized spacial score (nSPS) is 14.0. The van der Waals surface area contributed by atoms with Crippen molar-refractivity contribution in [2.24, 2.45) is 5.73 Å². The summed E-state index contributed by atoms with van der Waals surface area (Å²) in [6.45, 7) is 0.0527. The van der Waals surface area contributed by atoms with Crippen LogP contribution in [0.2, 0.25) is 0 Å². The van der Waals surface area contributed by atoms with Gasteiger partial charge in [0.2, 0.25) is 5.91 Å². The maximum Gasteiger partial charge on any atom is 0.306 e. The van der Waals surface area contributed by atoms with E-state index in [-0.39, 0.29) is 25.3 Å². The van der Waals surface area contributed by atoms with E-state index in [0.717, 1.165) is 6.20 Å². The lowest BCUT2D eigenvalue weighted by molar-refractivity contribution is -0.385. The number of amides is 1. The van der Waals surface area contributed by atoms with Crippen LogP contribution in [-0.4, -0.2) is 56.1 Å². The van der Waals surface area contributed by atoms with Crippen LogP contribution in [0.15, 0.2) is 12.4 Å². The Hall–Kier alpha value is -2.04. The van der Waals surface area contributed by atoms with Gasteiger partial charge < -0.3 is 21.3 Å². The van der Waals surface area contributed by atoms with Gasteiger partial charge in [0, 0.05) is 13.1 Å². The van der Waals surface area contributed by atoms with Crippen molar-refractivity contribution < 1.29 is 19.9 Å². The van der Waals surface area contributed by atoms with Gasteiger partial charge in [0.15, 0.2) is 0 Å². The number of hydrogen-bond acceptors (Lipinski definition) is 7. The van der Waals surface area contributed by atoms with Crippen LogP contribution in [0.5, 0.6) is 0 Å². The fourth-order valence-corrected chi connectivity index (χ4v) is 1.31. The van der Waals surface area contributed by atoms with Crippen molar-refractivity contribution in [3.63, 3.8) is 0 Å². The molecule has 1 heterocycles. The molecule has 0 fully saturated rings. The van der Waals surface area contributed by atoms with Crippen molar-refractivity contribution in [1.82, 2.24) is 15.1 Å². The van der Waals surface area contributed by atoms with Crippen LogP contribution < -0.4 is 11.1 Å². The Kier molecular flexibility index (Phi) is 5.36. The van der Waals surface area contributed by atoms with E-state index >= 15 is 0 Å². The minimum Gasteiger partial charge on any atom is -0.390 e. The van der Waals surface area contributed by atoms with Crippen LogP contribution in [0.1, 0.15) is 0 Å². The smallest absolute Gasteiger partial charge is 0.306 e. The number of nitrogens with zero attached hydrogens (tertiary/aromatic N) is 3. The number of nitrogens with two attached hydrogens (primary N) is 1. The number of nitro groups is 1. The van der Waals surface area contributed by atoms with Gasteiger partial charge in [0.25, 0.3) is 0 Å². The Morgan fingerprint density at radius 3 is 2.79 bits per heavy atom. The molecule has 0 spiro atoms. The molecule has 1 aromatic heterocycles. The summed E-state index contributed by atoms with van der Waals surface area (Å²) in [6, 6.07) is 0. The molecular formula is C9H15N5O5. The lowest BCUT2D eigenvalue weighted by atomic mass is 10.3. The lowest BCUT2D eigenvalue weighted by Crippen LogP contribution is -2.40. The standard InChI is InChI=1S/C9H15N5O5/c10-9(17)8(16)3-11-2-7(15)5-13-4-6(1-12-13)14(18)19/h1,4,7-8,11,15-16H,2-3,5H2,(H2,10,17). The Labute approximate surface area is 108 Å². The Bertz CT molecular complexity index is 448. The van der Waals surface area contributed by atoms with Gasteiger partial charge in [0.1, 0.15) is 18.5 Å². The SMILES string of the molecule is NC(=O)C(O)CNCC(O)Cn1cc([N+](=O)[O-])cn1. The highest BCUT2D eigenvalue weighted by molar-refractivity contribution is 5.78. The molecule has 1 amide bonds. The molecule has 2 atom stereocenters. The maximum absolute atomic E-state index is 10.5. The molecule has 0 aromatic carbocycles. The Morgan fingerprint density at radius 2 is 2.26 bits per heavy atom. The van der Waals surface area contributed by atoms with Gasteiger partial charge in [-0.15, -0.1) is 0 Å². The molecule has 0 aliphatic heterocycles. The fourth-order valence-electron chi connectivity index (χ4n) is 1.31. The summed E-state index contributed by atoms with van der Waals surface area (Å²) >= 11 is 0. The average Bonchev–Trinajstić information content (AvgIpc) is 2.77. The van der Waals surface area contributed by atoms with Crippen LogP contribution in [-0.2, 0) is 11.3 Å². The minimum atomic E-state index is -1.32. The summed E-state index contributed by atoms with van der Waals surface area (Å²) < 4.78 is 1.23. The van der Waals surface area contributed by atoms with E-state index in [0.29, 0.717) is 0 Å². The van der Waals surface area contributed by atoms with Gasteiger partial charge in [-0.3, -0.25) is 19.6 Å². The van der Waals surface area contributed by atoms with Crippen LogP contribution in [0.3, 0.4) is 0 Å². The number of hydrogen-bond donors (Lipinski definition) is 4. The van der Waals surface area contributed by atoms with Gasteiger partial charge in [-0.2, -0.15) is 5.10 Å². The van der Waals surface area contributed by atoms with E-state index in [1.807, 2.05) is 0 Å². The highest BCUT2D eigenvalue weighted by Crippen LogP contribution is 2.07. The van der Waals surface area contributed by atoms with E-state index < -0.39 is 23.0 Å². The number of rotatable bonds is 8. The zero-order valence-corrected chi connectivity index (χ0v) is 9.97. The highest BCUT2D eigenvalue weighted by atomic mass is 16.6. The van der Waals surface area contributed by atoms with Crippen LogP contribution >= 0.6 is 0 Å². The van der Waals surface area contributed by atoms with E-state index in [4.69, 9.17) is 10.8 Å². The number of nitrogens with one attached hydrogen (secondary N) is 1. The molecule has 10 heteroatoms. The van der Waals surface area contributed by atoms with Crippen molar-refractivity contribution in [1.29, 1.82) is 0 Å². The number of aromatic nitrogens is 2. The third kappa shape index (κ3) is 4.99. The molecular weight excluding hydrogens is 258 g/mol. The highest BCUT2D eigenvalue weighted by Gasteiger charge is 2.13. The van der Waals surface area contributed by atoms with Crippen LogP contribution in [0.25, 0.3) is 0 Å².